The molecule has 0 unspecified atom stereocenters. The first kappa shape index (κ1) is 21.6. The lowest BCUT2D eigenvalue weighted by Crippen LogP contribution is -2.31. The molecule has 10 heteroatoms. The quantitative estimate of drug-likeness (QED) is 0.488. The van der Waals surface area contributed by atoms with E-state index >= 15 is 0 Å². The van der Waals surface area contributed by atoms with E-state index in [0.717, 1.165) is 4.68 Å². The number of fused-ring (bicyclic) bond motifs is 2. The Bertz CT molecular complexity index is 1440. The highest BCUT2D eigenvalue weighted by molar-refractivity contribution is 5.91. The van der Waals surface area contributed by atoms with E-state index in [1.165, 1.54) is 28.9 Å². The van der Waals surface area contributed by atoms with Crippen LogP contribution < -0.4 is 20.3 Å². The summed E-state index contributed by atoms with van der Waals surface area (Å²) < 4.78 is 27.0. The van der Waals surface area contributed by atoms with Gasteiger partial charge in [0.15, 0.2) is 11.5 Å². The van der Waals surface area contributed by atoms with Crippen LogP contribution in [0.3, 0.4) is 0 Å². The van der Waals surface area contributed by atoms with Gasteiger partial charge in [-0.1, -0.05) is 13.8 Å². The lowest BCUT2D eigenvalue weighted by Gasteiger charge is -2.19. The van der Waals surface area contributed by atoms with Crippen molar-refractivity contribution in [3.8, 4) is 17.2 Å². The Kier molecular flexibility index (Phi) is 5.48. The van der Waals surface area contributed by atoms with Gasteiger partial charge in [0.1, 0.15) is 31.1 Å². The van der Waals surface area contributed by atoms with Crippen molar-refractivity contribution in [3.05, 3.63) is 70.5 Å². The Balaban J connectivity index is 1.49. The van der Waals surface area contributed by atoms with Crippen LogP contribution in [-0.4, -0.2) is 38.7 Å². The number of carbonyl (C=O) groups excluding carboxylic acids is 1. The van der Waals surface area contributed by atoms with Gasteiger partial charge in [0, 0.05) is 17.1 Å². The van der Waals surface area contributed by atoms with Gasteiger partial charge in [0.2, 0.25) is 5.91 Å². The average molecular weight is 463 g/mol. The summed E-state index contributed by atoms with van der Waals surface area (Å²) in [5.41, 5.74) is 1.48. The maximum atomic E-state index is 13.4. The predicted molar refractivity (Wildman–Crippen MR) is 123 cm³/mol. The molecule has 2 aromatic heterocycles. The molecule has 3 heterocycles. The van der Waals surface area contributed by atoms with Crippen LogP contribution in [0.4, 0.5) is 10.1 Å². The molecule has 1 aliphatic heterocycles. The van der Waals surface area contributed by atoms with Crippen LogP contribution in [0.2, 0.25) is 0 Å². The Hall–Kier alpha value is -4.21. The fourth-order valence-electron chi connectivity index (χ4n) is 3.86. The summed E-state index contributed by atoms with van der Waals surface area (Å²) in [5, 5.41) is 12.2. The number of nitrogens with zero attached hydrogens (tertiary/aromatic N) is 4. The molecule has 4 aromatic rings. The second-order valence-electron chi connectivity index (χ2n) is 8.20. The zero-order valence-corrected chi connectivity index (χ0v) is 18.6. The second-order valence-corrected chi connectivity index (χ2v) is 8.20. The summed E-state index contributed by atoms with van der Waals surface area (Å²) in [5.74, 6) is 0.321. The number of amides is 1. The lowest BCUT2D eigenvalue weighted by atomic mass is 10.1. The molecule has 0 fully saturated rings. The van der Waals surface area contributed by atoms with Crippen molar-refractivity contribution < 1.29 is 18.7 Å². The average Bonchev–Trinajstić information content (AvgIpc) is 3.26. The first-order valence-electron chi connectivity index (χ1n) is 10.8. The molecule has 0 spiro atoms. The Labute approximate surface area is 193 Å². The van der Waals surface area contributed by atoms with Gasteiger partial charge in [-0.2, -0.15) is 10.2 Å². The molecule has 0 saturated carbocycles. The van der Waals surface area contributed by atoms with Crippen LogP contribution in [0.1, 0.15) is 25.5 Å². The molecular weight excluding hydrogens is 441 g/mol. The summed E-state index contributed by atoms with van der Waals surface area (Å²) in [6.45, 7) is 4.51. The topological polar surface area (TPSA) is 100 Å². The van der Waals surface area contributed by atoms with Crippen LogP contribution in [-0.2, 0) is 11.3 Å². The van der Waals surface area contributed by atoms with Gasteiger partial charge >= 0.3 is 0 Å². The van der Waals surface area contributed by atoms with E-state index in [4.69, 9.17) is 9.47 Å². The van der Waals surface area contributed by atoms with Gasteiger partial charge in [-0.25, -0.2) is 13.8 Å². The number of nitrogens with one attached hydrogen (secondary N) is 1. The van der Waals surface area contributed by atoms with E-state index < -0.39 is 17.3 Å². The van der Waals surface area contributed by atoms with E-state index in [9.17, 15) is 14.0 Å². The van der Waals surface area contributed by atoms with Crippen LogP contribution in [0.5, 0.6) is 11.5 Å². The Morgan fingerprint density at radius 1 is 1.12 bits per heavy atom. The van der Waals surface area contributed by atoms with Crippen molar-refractivity contribution in [1.29, 1.82) is 0 Å². The molecule has 0 radical (unpaired) electrons. The third kappa shape index (κ3) is 3.98. The number of anilines is 1. The van der Waals surface area contributed by atoms with Crippen LogP contribution in [0.15, 0.2) is 53.5 Å². The minimum atomic E-state index is -0.474. The van der Waals surface area contributed by atoms with Crippen molar-refractivity contribution in [1.82, 2.24) is 19.6 Å². The van der Waals surface area contributed by atoms with Gasteiger partial charge in [-0.05, 0) is 42.3 Å². The SMILES string of the molecule is CC(C)c1nn(CC(=O)Nc2ccc3c(c2)OCCO3)c(=O)c2c1cnn2-c1ccc(F)cc1. The third-order valence-electron chi connectivity index (χ3n) is 5.45. The predicted octanol–water partition coefficient (Wildman–Crippen LogP) is 3.25. The molecule has 1 amide bonds. The highest BCUT2D eigenvalue weighted by Gasteiger charge is 2.20. The number of hydrogen-bond donors (Lipinski definition) is 1. The van der Waals surface area contributed by atoms with Gasteiger partial charge in [-0.3, -0.25) is 9.59 Å². The number of carbonyl (C=O) groups is 1. The molecule has 34 heavy (non-hydrogen) atoms. The molecule has 9 nitrogen and oxygen atoms in total. The van der Waals surface area contributed by atoms with E-state index in [0.29, 0.717) is 47.2 Å². The fourth-order valence-corrected chi connectivity index (χ4v) is 3.86. The lowest BCUT2D eigenvalue weighted by molar-refractivity contribution is -0.117. The maximum Gasteiger partial charge on any atom is 0.293 e. The summed E-state index contributed by atoms with van der Waals surface area (Å²) >= 11 is 0. The molecule has 1 aliphatic rings. The van der Waals surface area contributed by atoms with Crippen molar-refractivity contribution in [2.75, 3.05) is 18.5 Å². The van der Waals surface area contributed by atoms with E-state index in [2.05, 4.69) is 15.5 Å². The summed E-state index contributed by atoms with van der Waals surface area (Å²) in [4.78, 5) is 26.2. The standard InChI is InChI=1S/C24H22FN5O4/c1-14(2)22-18-12-26-30(17-6-3-15(25)4-7-17)23(18)24(32)29(28-22)13-21(31)27-16-5-8-19-20(11-16)34-10-9-33-19/h3-8,11-12,14H,9-10,13H2,1-2H3,(H,27,31). The van der Waals surface area contributed by atoms with E-state index in [1.54, 1.807) is 24.4 Å². The third-order valence-corrected chi connectivity index (χ3v) is 5.45. The molecule has 0 atom stereocenters. The van der Waals surface area contributed by atoms with Gasteiger partial charge in [0.25, 0.3) is 5.56 Å². The zero-order valence-electron chi connectivity index (χ0n) is 18.6. The molecule has 0 bridgehead atoms. The molecule has 2 aromatic carbocycles. The molecular formula is C24H22FN5O4. The number of ether oxygens (including phenoxy) is 2. The Morgan fingerprint density at radius 2 is 1.85 bits per heavy atom. The number of halogens is 1. The van der Waals surface area contributed by atoms with Crippen LogP contribution in [0, 0.1) is 5.82 Å². The molecule has 0 saturated heterocycles. The smallest absolute Gasteiger partial charge is 0.293 e. The normalized spacial score (nSPS) is 12.8. The number of aromatic nitrogens is 4. The minimum Gasteiger partial charge on any atom is -0.486 e. The number of rotatable bonds is 5. The first-order chi connectivity index (χ1) is 16.4. The minimum absolute atomic E-state index is 0.0268. The van der Waals surface area contributed by atoms with Gasteiger partial charge in [0.05, 0.1) is 17.6 Å². The summed E-state index contributed by atoms with van der Waals surface area (Å²) in [6.07, 6.45) is 1.57. The largest absolute Gasteiger partial charge is 0.486 e. The second kappa shape index (κ2) is 8.62. The molecule has 0 aliphatic carbocycles. The number of benzene rings is 2. The molecule has 1 N–H and O–H groups in total. The molecule has 174 valence electrons. The maximum absolute atomic E-state index is 13.4. The first-order valence-corrected chi connectivity index (χ1v) is 10.8. The van der Waals surface area contributed by atoms with E-state index in [-0.39, 0.29) is 18.0 Å². The van der Waals surface area contributed by atoms with E-state index in [1.807, 2.05) is 13.8 Å². The van der Waals surface area contributed by atoms with Gasteiger partial charge in [-0.15, -0.1) is 0 Å². The zero-order chi connectivity index (χ0) is 23.8. The van der Waals surface area contributed by atoms with Crippen molar-refractivity contribution in [3.63, 3.8) is 0 Å². The van der Waals surface area contributed by atoms with Gasteiger partial charge < -0.3 is 14.8 Å². The van der Waals surface area contributed by atoms with Crippen molar-refractivity contribution >= 4 is 22.5 Å². The summed E-state index contributed by atoms with van der Waals surface area (Å²) in [6, 6.07) is 10.8. The van der Waals surface area contributed by atoms with Crippen molar-refractivity contribution in [2.45, 2.75) is 26.3 Å². The number of hydrogen-bond acceptors (Lipinski definition) is 6. The van der Waals surface area contributed by atoms with Crippen LogP contribution >= 0.6 is 0 Å². The monoisotopic (exact) mass is 463 g/mol. The van der Waals surface area contributed by atoms with Crippen molar-refractivity contribution in [2.24, 2.45) is 0 Å². The summed E-state index contributed by atoms with van der Waals surface area (Å²) in [7, 11) is 0. The van der Waals surface area contributed by atoms with Crippen LogP contribution in [0.25, 0.3) is 16.6 Å². The molecule has 5 rings (SSSR count). The Morgan fingerprint density at radius 3 is 2.59 bits per heavy atom. The highest BCUT2D eigenvalue weighted by Crippen LogP contribution is 2.32. The fraction of sp³-hybridized carbons (Fsp3) is 0.250. The highest BCUT2D eigenvalue weighted by atomic mass is 19.1.